The van der Waals surface area contributed by atoms with Crippen LogP contribution in [0.2, 0.25) is 0 Å². The highest BCUT2D eigenvalue weighted by atomic mass is 16.5. The zero-order chi connectivity index (χ0) is 13.8. The molecule has 3 fully saturated rings. The van der Waals surface area contributed by atoms with E-state index in [1.54, 1.807) is 0 Å². The van der Waals surface area contributed by atoms with Crippen molar-refractivity contribution in [1.82, 2.24) is 10.6 Å². The van der Waals surface area contributed by atoms with Crippen LogP contribution >= 0.6 is 0 Å². The van der Waals surface area contributed by atoms with Gasteiger partial charge in [0.15, 0.2) is 0 Å². The van der Waals surface area contributed by atoms with Crippen molar-refractivity contribution in [1.29, 1.82) is 0 Å². The molecule has 3 aliphatic rings. The van der Waals surface area contributed by atoms with Crippen LogP contribution in [0.5, 0.6) is 0 Å². The summed E-state index contributed by atoms with van der Waals surface area (Å²) in [5.74, 6) is 0.840. The van der Waals surface area contributed by atoms with Gasteiger partial charge in [0.1, 0.15) is 0 Å². The molecule has 0 aromatic heterocycles. The lowest BCUT2D eigenvalue weighted by Gasteiger charge is -2.28. The van der Waals surface area contributed by atoms with E-state index in [-0.39, 0.29) is 5.91 Å². The maximum absolute atomic E-state index is 12.0. The Morgan fingerprint density at radius 3 is 2.65 bits per heavy atom. The maximum Gasteiger partial charge on any atom is 0.220 e. The van der Waals surface area contributed by atoms with Crippen LogP contribution in [-0.2, 0) is 9.53 Å². The van der Waals surface area contributed by atoms with E-state index in [9.17, 15) is 4.79 Å². The third kappa shape index (κ3) is 3.95. The molecule has 0 aromatic carbocycles. The summed E-state index contributed by atoms with van der Waals surface area (Å²) >= 11 is 0. The standard InChI is InChI=1S/C16H28N2O2/c19-16(17-7-6-15-3-1-2-8-20-15)11-12-9-13-4-5-14(10-12)18-13/h12-15,18H,1-11H2,(H,17,19). The van der Waals surface area contributed by atoms with E-state index >= 15 is 0 Å². The van der Waals surface area contributed by atoms with Gasteiger partial charge in [-0.05, 0) is 57.3 Å². The maximum atomic E-state index is 12.0. The van der Waals surface area contributed by atoms with Gasteiger partial charge in [0.2, 0.25) is 5.91 Å². The zero-order valence-corrected chi connectivity index (χ0v) is 12.4. The van der Waals surface area contributed by atoms with Gasteiger partial charge in [0.25, 0.3) is 0 Å². The summed E-state index contributed by atoms with van der Waals surface area (Å²) in [5, 5.41) is 6.72. The first-order chi connectivity index (χ1) is 9.79. The van der Waals surface area contributed by atoms with Crippen LogP contribution in [-0.4, -0.2) is 37.2 Å². The number of ether oxygens (including phenoxy) is 1. The van der Waals surface area contributed by atoms with Crippen LogP contribution in [0.3, 0.4) is 0 Å². The predicted octanol–water partition coefficient (Wildman–Crippen LogP) is 1.98. The Kier molecular flexibility index (Phi) is 4.94. The second-order valence-corrected chi connectivity index (χ2v) is 6.81. The van der Waals surface area contributed by atoms with Gasteiger partial charge >= 0.3 is 0 Å². The molecule has 3 unspecified atom stereocenters. The highest BCUT2D eigenvalue weighted by Gasteiger charge is 2.34. The third-order valence-electron chi connectivity index (χ3n) is 5.11. The van der Waals surface area contributed by atoms with Gasteiger partial charge in [-0.25, -0.2) is 0 Å². The van der Waals surface area contributed by atoms with Crippen molar-refractivity contribution in [2.45, 2.75) is 76.0 Å². The van der Waals surface area contributed by atoms with Crippen molar-refractivity contribution in [3.8, 4) is 0 Å². The van der Waals surface area contributed by atoms with E-state index in [4.69, 9.17) is 4.74 Å². The van der Waals surface area contributed by atoms with Gasteiger partial charge in [-0.3, -0.25) is 4.79 Å². The van der Waals surface area contributed by atoms with Crippen LogP contribution in [0.25, 0.3) is 0 Å². The van der Waals surface area contributed by atoms with Gasteiger partial charge in [0, 0.05) is 31.7 Å². The molecule has 1 amide bonds. The van der Waals surface area contributed by atoms with E-state index in [2.05, 4.69) is 10.6 Å². The molecular formula is C16H28N2O2. The average Bonchev–Trinajstić information content (AvgIpc) is 2.79. The van der Waals surface area contributed by atoms with Crippen molar-refractivity contribution in [2.75, 3.05) is 13.2 Å². The molecule has 4 nitrogen and oxygen atoms in total. The molecule has 114 valence electrons. The highest BCUT2D eigenvalue weighted by Crippen LogP contribution is 2.32. The van der Waals surface area contributed by atoms with Crippen molar-refractivity contribution in [3.63, 3.8) is 0 Å². The Bertz CT molecular complexity index is 316. The Balaban J connectivity index is 1.31. The molecule has 0 aliphatic carbocycles. The minimum atomic E-state index is 0.243. The molecule has 4 heteroatoms. The number of carbonyl (C=O) groups is 1. The predicted molar refractivity (Wildman–Crippen MR) is 78.5 cm³/mol. The van der Waals surface area contributed by atoms with E-state index < -0.39 is 0 Å². The molecule has 2 N–H and O–H groups in total. The van der Waals surface area contributed by atoms with E-state index in [0.29, 0.717) is 24.1 Å². The Morgan fingerprint density at radius 1 is 1.15 bits per heavy atom. The second kappa shape index (κ2) is 6.90. The first kappa shape index (κ1) is 14.3. The van der Waals surface area contributed by atoms with E-state index in [1.165, 1.54) is 38.5 Å². The lowest BCUT2D eigenvalue weighted by Crippen LogP contribution is -2.40. The fourth-order valence-electron chi connectivity index (χ4n) is 4.08. The number of piperidine rings is 1. The molecule has 0 radical (unpaired) electrons. The fraction of sp³-hybridized carbons (Fsp3) is 0.938. The Hall–Kier alpha value is -0.610. The molecule has 0 spiro atoms. The summed E-state index contributed by atoms with van der Waals surface area (Å²) in [6, 6.07) is 1.37. The van der Waals surface area contributed by atoms with Crippen molar-refractivity contribution >= 4 is 5.91 Å². The first-order valence-corrected chi connectivity index (χ1v) is 8.44. The Morgan fingerprint density at radius 2 is 1.95 bits per heavy atom. The summed E-state index contributed by atoms with van der Waals surface area (Å²) in [6.45, 7) is 1.68. The molecule has 0 saturated carbocycles. The molecule has 3 atom stereocenters. The smallest absolute Gasteiger partial charge is 0.220 e. The number of amides is 1. The molecule has 3 heterocycles. The summed E-state index contributed by atoms with van der Waals surface area (Å²) in [6.07, 6.45) is 10.7. The van der Waals surface area contributed by atoms with Crippen LogP contribution in [0.1, 0.15) is 57.8 Å². The van der Waals surface area contributed by atoms with Gasteiger partial charge in [-0.15, -0.1) is 0 Å². The summed E-state index contributed by atoms with van der Waals surface area (Å²) < 4.78 is 5.69. The Labute approximate surface area is 122 Å². The average molecular weight is 280 g/mol. The molecule has 3 saturated heterocycles. The fourth-order valence-corrected chi connectivity index (χ4v) is 4.08. The van der Waals surface area contributed by atoms with Crippen LogP contribution in [0.15, 0.2) is 0 Å². The molecular weight excluding hydrogens is 252 g/mol. The number of nitrogens with one attached hydrogen (secondary N) is 2. The minimum absolute atomic E-state index is 0.243. The van der Waals surface area contributed by atoms with Crippen LogP contribution < -0.4 is 10.6 Å². The third-order valence-corrected chi connectivity index (χ3v) is 5.11. The lowest BCUT2D eigenvalue weighted by atomic mass is 9.89. The topological polar surface area (TPSA) is 50.4 Å². The number of fused-ring (bicyclic) bond motifs is 2. The number of hydrogen-bond acceptors (Lipinski definition) is 3. The molecule has 3 aliphatic heterocycles. The van der Waals surface area contributed by atoms with E-state index in [1.807, 2.05) is 0 Å². The number of rotatable bonds is 5. The monoisotopic (exact) mass is 280 g/mol. The largest absolute Gasteiger partial charge is 0.378 e. The highest BCUT2D eigenvalue weighted by molar-refractivity contribution is 5.76. The summed E-state index contributed by atoms with van der Waals surface area (Å²) in [5.41, 5.74) is 0. The minimum Gasteiger partial charge on any atom is -0.378 e. The molecule has 0 aromatic rings. The zero-order valence-electron chi connectivity index (χ0n) is 12.4. The van der Waals surface area contributed by atoms with Crippen LogP contribution in [0, 0.1) is 5.92 Å². The van der Waals surface area contributed by atoms with Crippen molar-refractivity contribution < 1.29 is 9.53 Å². The van der Waals surface area contributed by atoms with Gasteiger partial charge in [0.05, 0.1) is 6.10 Å². The second-order valence-electron chi connectivity index (χ2n) is 6.81. The lowest BCUT2D eigenvalue weighted by molar-refractivity contribution is -0.122. The molecule has 2 bridgehead atoms. The van der Waals surface area contributed by atoms with Crippen molar-refractivity contribution in [3.05, 3.63) is 0 Å². The normalized spacial score (nSPS) is 36.8. The summed E-state index contributed by atoms with van der Waals surface area (Å²) in [4.78, 5) is 12.0. The van der Waals surface area contributed by atoms with E-state index in [0.717, 1.165) is 32.4 Å². The van der Waals surface area contributed by atoms with Crippen molar-refractivity contribution in [2.24, 2.45) is 5.92 Å². The SMILES string of the molecule is O=C(CC1CC2CCC(C1)N2)NCCC1CCCCO1. The van der Waals surface area contributed by atoms with Gasteiger partial charge in [-0.2, -0.15) is 0 Å². The number of hydrogen-bond donors (Lipinski definition) is 2. The van der Waals surface area contributed by atoms with Gasteiger partial charge in [-0.1, -0.05) is 0 Å². The van der Waals surface area contributed by atoms with Gasteiger partial charge < -0.3 is 15.4 Å². The quantitative estimate of drug-likeness (QED) is 0.809. The van der Waals surface area contributed by atoms with Crippen LogP contribution in [0.4, 0.5) is 0 Å². The summed E-state index contributed by atoms with van der Waals surface area (Å²) in [7, 11) is 0. The molecule has 3 rings (SSSR count). The first-order valence-electron chi connectivity index (χ1n) is 8.44. The number of carbonyl (C=O) groups excluding carboxylic acids is 1. The molecule has 20 heavy (non-hydrogen) atoms.